The Morgan fingerprint density at radius 2 is 2.06 bits per heavy atom. The topological polar surface area (TPSA) is 20.2 Å². The summed E-state index contributed by atoms with van der Waals surface area (Å²) >= 11 is 0. The quantitative estimate of drug-likeness (QED) is 0.620. The Labute approximate surface area is 98.9 Å². The van der Waals surface area contributed by atoms with Gasteiger partial charge in [-0.05, 0) is 54.3 Å². The van der Waals surface area contributed by atoms with Gasteiger partial charge in [0.2, 0.25) is 0 Å². The summed E-state index contributed by atoms with van der Waals surface area (Å²) in [6.07, 6.45) is 4.88. The summed E-state index contributed by atoms with van der Waals surface area (Å²) in [5, 5.41) is 10.2. The molecular weight excluding hydrogens is 196 g/mol. The summed E-state index contributed by atoms with van der Waals surface area (Å²) in [7, 11) is 0. The molecule has 1 nitrogen and oxygen atoms in total. The minimum Gasteiger partial charge on any atom is -0.393 e. The van der Waals surface area contributed by atoms with E-state index in [1.54, 1.807) is 0 Å². The first-order chi connectivity index (χ1) is 7.39. The molecule has 3 aliphatic carbocycles. The number of hydrogen-bond acceptors (Lipinski definition) is 1. The maximum absolute atomic E-state index is 10.2. The van der Waals surface area contributed by atoms with Crippen LogP contribution in [0.15, 0.2) is 12.2 Å². The fraction of sp³-hybridized carbons (Fsp3) is 0.867. The molecule has 3 fully saturated rings. The van der Waals surface area contributed by atoms with Gasteiger partial charge >= 0.3 is 0 Å². The molecule has 16 heavy (non-hydrogen) atoms. The number of hydrogen-bond donors (Lipinski definition) is 1. The molecule has 0 unspecified atom stereocenters. The van der Waals surface area contributed by atoms with E-state index < -0.39 is 0 Å². The highest BCUT2D eigenvalue weighted by Crippen LogP contribution is 2.69. The lowest BCUT2D eigenvalue weighted by Gasteiger charge is -2.48. The van der Waals surface area contributed by atoms with E-state index in [-0.39, 0.29) is 6.10 Å². The van der Waals surface area contributed by atoms with Gasteiger partial charge in [0.05, 0.1) is 6.10 Å². The number of fused-ring (bicyclic) bond motifs is 1. The highest BCUT2D eigenvalue weighted by molar-refractivity contribution is 5.27. The van der Waals surface area contributed by atoms with Gasteiger partial charge in [0, 0.05) is 0 Å². The van der Waals surface area contributed by atoms with E-state index in [9.17, 15) is 5.11 Å². The van der Waals surface area contributed by atoms with Crippen molar-refractivity contribution in [3.05, 3.63) is 12.2 Å². The molecule has 1 heteroatoms. The van der Waals surface area contributed by atoms with Crippen LogP contribution in [0.25, 0.3) is 0 Å². The Kier molecular flexibility index (Phi) is 1.98. The zero-order chi connectivity index (χ0) is 11.7. The van der Waals surface area contributed by atoms with Crippen LogP contribution in [0.5, 0.6) is 0 Å². The molecule has 0 aromatic rings. The average Bonchev–Trinajstić information content (AvgIpc) is 2.75. The Bertz CT molecular complexity index is 343. The number of allylic oxidation sites excluding steroid dienone is 1. The van der Waals surface area contributed by atoms with Crippen LogP contribution in [0, 0.1) is 28.6 Å². The average molecular weight is 220 g/mol. The number of aliphatic hydroxyl groups is 1. The fourth-order valence-corrected chi connectivity index (χ4v) is 5.03. The highest BCUT2D eigenvalue weighted by Gasteiger charge is 2.63. The second kappa shape index (κ2) is 2.93. The molecule has 3 aliphatic rings. The van der Waals surface area contributed by atoms with Crippen LogP contribution in [-0.4, -0.2) is 11.2 Å². The van der Waals surface area contributed by atoms with Crippen molar-refractivity contribution >= 4 is 0 Å². The first-order valence-corrected chi connectivity index (χ1v) is 6.77. The van der Waals surface area contributed by atoms with Crippen LogP contribution in [-0.2, 0) is 0 Å². The van der Waals surface area contributed by atoms with Crippen molar-refractivity contribution in [1.82, 2.24) is 0 Å². The second-order valence-electron chi connectivity index (χ2n) is 7.06. The normalized spacial score (nSPS) is 54.1. The maximum atomic E-state index is 10.2. The minimum atomic E-state index is -0.0885. The molecular formula is C15H24O. The van der Waals surface area contributed by atoms with E-state index >= 15 is 0 Å². The second-order valence-corrected chi connectivity index (χ2v) is 7.06. The summed E-state index contributed by atoms with van der Waals surface area (Å²) in [6, 6.07) is 0. The monoisotopic (exact) mass is 220 g/mol. The molecule has 3 saturated carbocycles. The van der Waals surface area contributed by atoms with Crippen molar-refractivity contribution in [3.63, 3.8) is 0 Å². The Morgan fingerprint density at radius 1 is 1.38 bits per heavy atom. The van der Waals surface area contributed by atoms with Crippen molar-refractivity contribution in [2.24, 2.45) is 28.6 Å². The third-order valence-corrected chi connectivity index (χ3v) is 6.51. The summed E-state index contributed by atoms with van der Waals surface area (Å²) < 4.78 is 0. The van der Waals surface area contributed by atoms with Gasteiger partial charge in [0.1, 0.15) is 0 Å². The Morgan fingerprint density at radius 3 is 2.75 bits per heavy atom. The van der Waals surface area contributed by atoms with Crippen LogP contribution in [0.2, 0.25) is 0 Å². The standard InChI is InChI=1S/C15H24O/c1-9-12-7-13(16)10(2)15(12)6-5-11(8-15)14(9,3)4/h10-13,16H,1,5-8H2,2-4H3/t10-,11+,12-,13-,15-/m0/s1. The van der Waals surface area contributed by atoms with Crippen LogP contribution in [0.4, 0.5) is 0 Å². The predicted molar refractivity (Wildman–Crippen MR) is 66.0 cm³/mol. The minimum absolute atomic E-state index is 0.0885. The highest BCUT2D eigenvalue weighted by atomic mass is 16.3. The molecule has 2 bridgehead atoms. The SMILES string of the molecule is C=C1[C@@H]2C[C@H](O)[C@H](C)[C@@]23CC[C@H](C3)C1(C)C. The molecule has 0 saturated heterocycles. The van der Waals surface area contributed by atoms with Gasteiger partial charge < -0.3 is 5.11 Å². The van der Waals surface area contributed by atoms with Gasteiger partial charge in [0.25, 0.3) is 0 Å². The van der Waals surface area contributed by atoms with Crippen LogP contribution in [0.1, 0.15) is 46.5 Å². The molecule has 1 N–H and O–H groups in total. The van der Waals surface area contributed by atoms with Crippen LogP contribution in [0.3, 0.4) is 0 Å². The summed E-state index contributed by atoms with van der Waals surface area (Å²) in [4.78, 5) is 0. The molecule has 0 amide bonds. The molecule has 90 valence electrons. The molecule has 5 atom stereocenters. The Hall–Kier alpha value is -0.300. The van der Waals surface area contributed by atoms with Gasteiger partial charge in [-0.3, -0.25) is 0 Å². The molecule has 0 aliphatic heterocycles. The third-order valence-electron chi connectivity index (χ3n) is 6.51. The van der Waals surface area contributed by atoms with E-state index in [0.717, 1.165) is 12.3 Å². The number of aliphatic hydroxyl groups excluding tert-OH is 1. The zero-order valence-electron chi connectivity index (χ0n) is 10.8. The summed E-state index contributed by atoms with van der Waals surface area (Å²) in [5.74, 6) is 1.88. The first-order valence-electron chi connectivity index (χ1n) is 6.77. The predicted octanol–water partition coefficient (Wildman–Crippen LogP) is 3.39. The molecule has 1 spiro atoms. The smallest absolute Gasteiger partial charge is 0.0577 e. The van der Waals surface area contributed by atoms with Crippen molar-refractivity contribution in [3.8, 4) is 0 Å². The van der Waals surface area contributed by atoms with Crippen molar-refractivity contribution < 1.29 is 5.11 Å². The zero-order valence-corrected chi connectivity index (χ0v) is 10.8. The lowest BCUT2D eigenvalue weighted by molar-refractivity contribution is 0.0587. The van der Waals surface area contributed by atoms with Gasteiger partial charge in [-0.2, -0.15) is 0 Å². The lowest BCUT2D eigenvalue weighted by Crippen LogP contribution is -2.40. The van der Waals surface area contributed by atoms with E-state index in [1.165, 1.54) is 24.8 Å². The van der Waals surface area contributed by atoms with Gasteiger partial charge in [-0.15, -0.1) is 0 Å². The molecule has 0 heterocycles. The number of rotatable bonds is 0. The largest absolute Gasteiger partial charge is 0.393 e. The van der Waals surface area contributed by atoms with Crippen LogP contribution >= 0.6 is 0 Å². The molecule has 0 radical (unpaired) electrons. The van der Waals surface area contributed by atoms with Gasteiger partial charge in [-0.1, -0.05) is 32.9 Å². The first kappa shape index (κ1) is 10.8. The lowest BCUT2D eigenvalue weighted by atomic mass is 9.56. The summed E-state index contributed by atoms with van der Waals surface area (Å²) in [6.45, 7) is 11.4. The third kappa shape index (κ3) is 1.01. The van der Waals surface area contributed by atoms with E-state index in [1.807, 2.05) is 0 Å². The van der Waals surface area contributed by atoms with Crippen LogP contribution < -0.4 is 0 Å². The van der Waals surface area contributed by atoms with Crippen molar-refractivity contribution in [2.45, 2.75) is 52.6 Å². The summed E-state index contributed by atoms with van der Waals surface area (Å²) in [5.41, 5.74) is 2.15. The van der Waals surface area contributed by atoms with E-state index in [4.69, 9.17) is 0 Å². The van der Waals surface area contributed by atoms with Crippen molar-refractivity contribution in [1.29, 1.82) is 0 Å². The van der Waals surface area contributed by atoms with Crippen molar-refractivity contribution in [2.75, 3.05) is 0 Å². The maximum Gasteiger partial charge on any atom is 0.0577 e. The molecule has 3 rings (SSSR count). The van der Waals surface area contributed by atoms with Gasteiger partial charge in [0.15, 0.2) is 0 Å². The van der Waals surface area contributed by atoms with E-state index in [0.29, 0.717) is 22.7 Å². The molecule has 0 aromatic heterocycles. The fourth-order valence-electron chi connectivity index (χ4n) is 5.03. The molecule has 0 aromatic carbocycles. The van der Waals surface area contributed by atoms with E-state index in [2.05, 4.69) is 27.4 Å². The van der Waals surface area contributed by atoms with Gasteiger partial charge in [-0.25, -0.2) is 0 Å². The Balaban J connectivity index is 2.07.